The first-order valence-electron chi connectivity index (χ1n) is 5.51. The van der Waals surface area contributed by atoms with Gasteiger partial charge in [0.1, 0.15) is 0 Å². The SMILES string of the molecule is CSCC(C)C1(C(N)=O)C(I)=CC=CC1C(N)=O. The normalized spacial score (nSPS) is 28.6. The molecule has 1 aliphatic carbocycles. The van der Waals surface area contributed by atoms with Gasteiger partial charge in [-0.1, -0.05) is 25.2 Å². The van der Waals surface area contributed by atoms with Gasteiger partial charge in [0, 0.05) is 3.58 Å². The van der Waals surface area contributed by atoms with E-state index in [9.17, 15) is 9.59 Å². The highest BCUT2D eigenvalue weighted by molar-refractivity contribution is 14.1. The van der Waals surface area contributed by atoms with Crippen LogP contribution in [0.5, 0.6) is 0 Å². The lowest BCUT2D eigenvalue weighted by molar-refractivity contribution is -0.136. The first-order valence-corrected chi connectivity index (χ1v) is 7.98. The minimum Gasteiger partial charge on any atom is -0.369 e. The van der Waals surface area contributed by atoms with Crippen LogP contribution in [0.25, 0.3) is 0 Å². The van der Waals surface area contributed by atoms with Crippen molar-refractivity contribution in [3.8, 4) is 0 Å². The lowest BCUT2D eigenvalue weighted by Crippen LogP contribution is -2.53. The fourth-order valence-electron chi connectivity index (χ4n) is 2.45. The molecule has 3 unspecified atom stereocenters. The third-order valence-corrected chi connectivity index (χ3v) is 5.43. The standard InChI is InChI=1S/C12H17IN2O2S/c1-7(6-18-2)12(11(15)17)8(10(14)16)4-3-5-9(12)13/h3-5,7-8H,6H2,1-2H3,(H2,14,16)(H2,15,17). The van der Waals surface area contributed by atoms with Gasteiger partial charge in [0.2, 0.25) is 11.8 Å². The fraction of sp³-hybridized carbons (Fsp3) is 0.500. The number of allylic oxidation sites excluding steroid dienone is 2. The summed E-state index contributed by atoms with van der Waals surface area (Å²) in [6.07, 6.45) is 7.21. The first-order chi connectivity index (χ1) is 8.38. The maximum Gasteiger partial charge on any atom is 0.229 e. The lowest BCUT2D eigenvalue weighted by atomic mass is 9.64. The van der Waals surface area contributed by atoms with Crippen LogP contribution in [0.2, 0.25) is 0 Å². The number of amides is 2. The largest absolute Gasteiger partial charge is 0.369 e. The van der Waals surface area contributed by atoms with Gasteiger partial charge < -0.3 is 11.5 Å². The molecule has 0 aromatic carbocycles. The Labute approximate surface area is 125 Å². The van der Waals surface area contributed by atoms with E-state index in [4.69, 9.17) is 11.5 Å². The average molecular weight is 380 g/mol. The van der Waals surface area contributed by atoms with Gasteiger partial charge in [-0.2, -0.15) is 11.8 Å². The van der Waals surface area contributed by atoms with Crippen LogP contribution < -0.4 is 11.5 Å². The molecule has 0 saturated carbocycles. The highest BCUT2D eigenvalue weighted by Crippen LogP contribution is 2.49. The molecule has 0 aromatic rings. The van der Waals surface area contributed by atoms with E-state index in [1.54, 1.807) is 23.9 Å². The van der Waals surface area contributed by atoms with E-state index in [1.165, 1.54) is 0 Å². The zero-order valence-electron chi connectivity index (χ0n) is 10.4. The second-order valence-electron chi connectivity index (χ2n) is 4.37. The molecule has 0 saturated heterocycles. The van der Waals surface area contributed by atoms with Gasteiger partial charge in [-0.3, -0.25) is 9.59 Å². The van der Waals surface area contributed by atoms with Crippen molar-refractivity contribution in [1.82, 2.24) is 0 Å². The molecule has 0 spiro atoms. The molecule has 18 heavy (non-hydrogen) atoms. The molecule has 0 aromatic heterocycles. The number of halogens is 1. The predicted octanol–water partition coefficient (Wildman–Crippen LogP) is 1.45. The summed E-state index contributed by atoms with van der Waals surface area (Å²) in [4.78, 5) is 23.7. The van der Waals surface area contributed by atoms with Gasteiger partial charge in [0.25, 0.3) is 0 Å². The molecule has 100 valence electrons. The van der Waals surface area contributed by atoms with Crippen LogP contribution in [0.3, 0.4) is 0 Å². The van der Waals surface area contributed by atoms with E-state index in [0.29, 0.717) is 0 Å². The number of carbonyl (C=O) groups excluding carboxylic acids is 2. The van der Waals surface area contributed by atoms with Crippen molar-refractivity contribution in [3.05, 3.63) is 21.8 Å². The zero-order valence-corrected chi connectivity index (χ0v) is 13.3. The summed E-state index contributed by atoms with van der Waals surface area (Å²) in [5.74, 6) is -0.997. The molecule has 2 amide bonds. The molecule has 3 atom stereocenters. The van der Waals surface area contributed by atoms with Crippen molar-refractivity contribution in [3.63, 3.8) is 0 Å². The van der Waals surface area contributed by atoms with Crippen LogP contribution in [-0.2, 0) is 9.59 Å². The second kappa shape index (κ2) is 6.10. The van der Waals surface area contributed by atoms with E-state index in [0.717, 1.165) is 9.33 Å². The second-order valence-corrected chi connectivity index (χ2v) is 6.44. The van der Waals surface area contributed by atoms with E-state index in [1.807, 2.05) is 19.3 Å². The minimum atomic E-state index is -1.01. The number of thioether (sulfide) groups is 1. The average Bonchev–Trinajstić information content (AvgIpc) is 2.28. The number of hydrogen-bond donors (Lipinski definition) is 2. The fourth-order valence-corrected chi connectivity index (χ4v) is 4.55. The Balaban J connectivity index is 3.36. The van der Waals surface area contributed by atoms with Crippen LogP contribution in [-0.4, -0.2) is 23.8 Å². The van der Waals surface area contributed by atoms with Crippen LogP contribution in [0, 0.1) is 17.3 Å². The lowest BCUT2D eigenvalue weighted by Gasteiger charge is -2.41. The third-order valence-electron chi connectivity index (χ3n) is 3.34. The molecular formula is C12H17IN2O2S. The third kappa shape index (κ3) is 2.45. The molecule has 0 bridgehead atoms. The zero-order chi connectivity index (χ0) is 13.9. The molecule has 0 aliphatic heterocycles. The monoisotopic (exact) mass is 380 g/mol. The Hall–Kier alpha value is -0.500. The van der Waals surface area contributed by atoms with Crippen LogP contribution in [0.1, 0.15) is 6.92 Å². The summed E-state index contributed by atoms with van der Waals surface area (Å²) in [5.41, 5.74) is 10.0. The Morgan fingerprint density at radius 2 is 2.17 bits per heavy atom. The van der Waals surface area contributed by atoms with Crippen molar-refractivity contribution in [1.29, 1.82) is 0 Å². The Morgan fingerprint density at radius 1 is 1.56 bits per heavy atom. The summed E-state index contributed by atoms with van der Waals surface area (Å²) in [7, 11) is 0. The van der Waals surface area contributed by atoms with Crippen LogP contribution in [0.15, 0.2) is 21.8 Å². The highest BCUT2D eigenvalue weighted by Gasteiger charge is 2.52. The Morgan fingerprint density at radius 3 is 2.61 bits per heavy atom. The van der Waals surface area contributed by atoms with Crippen molar-refractivity contribution in [2.24, 2.45) is 28.7 Å². The van der Waals surface area contributed by atoms with Gasteiger partial charge in [-0.15, -0.1) is 0 Å². The van der Waals surface area contributed by atoms with E-state index < -0.39 is 23.1 Å². The number of hydrogen-bond acceptors (Lipinski definition) is 3. The number of rotatable bonds is 5. The summed E-state index contributed by atoms with van der Waals surface area (Å²) in [6, 6.07) is 0. The molecule has 4 nitrogen and oxygen atoms in total. The molecule has 1 rings (SSSR count). The summed E-state index contributed by atoms with van der Waals surface area (Å²) < 4.78 is 0.778. The maximum atomic E-state index is 12.0. The molecule has 1 aliphatic rings. The van der Waals surface area contributed by atoms with E-state index in [2.05, 4.69) is 22.6 Å². The van der Waals surface area contributed by atoms with Gasteiger partial charge in [0.05, 0.1) is 11.3 Å². The number of carbonyl (C=O) groups is 2. The first kappa shape index (κ1) is 15.6. The van der Waals surface area contributed by atoms with Gasteiger partial charge >= 0.3 is 0 Å². The number of nitrogens with two attached hydrogens (primary N) is 2. The van der Waals surface area contributed by atoms with Crippen molar-refractivity contribution in [2.75, 3.05) is 12.0 Å². The van der Waals surface area contributed by atoms with Gasteiger partial charge in [0.15, 0.2) is 0 Å². The summed E-state index contributed by atoms with van der Waals surface area (Å²) in [6.45, 7) is 1.93. The van der Waals surface area contributed by atoms with Gasteiger partial charge in [-0.25, -0.2) is 0 Å². The molecule has 4 N–H and O–H groups in total. The van der Waals surface area contributed by atoms with Crippen LogP contribution >= 0.6 is 34.4 Å². The van der Waals surface area contributed by atoms with Crippen LogP contribution in [0.4, 0.5) is 0 Å². The van der Waals surface area contributed by atoms with E-state index in [-0.39, 0.29) is 5.92 Å². The maximum absolute atomic E-state index is 12.0. The molecule has 0 radical (unpaired) electrons. The molecular weight excluding hydrogens is 363 g/mol. The van der Waals surface area contributed by atoms with Gasteiger partial charge in [-0.05, 0) is 40.5 Å². The summed E-state index contributed by atoms with van der Waals surface area (Å²) >= 11 is 3.70. The van der Waals surface area contributed by atoms with E-state index >= 15 is 0 Å². The summed E-state index contributed by atoms with van der Waals surface area (Å²) in [5, 5.41) is 0. The molecule has 0 fully saturated rings. The Bertz CT molecular complexity index is 422. The van der Waals surface area contributed by atoms with Crippen molar-refractivity contribution < 1.29 is 9.59 Å². The predicted molar refractivity (Wildman–Crippen MR) is 83.1 cm³/mol. The Kier molecular flexibility index (Phi) is 5.27. The quantitative estimate of drug-likeness (QED) is 0.708. The highest BCUT2D eigenvalue weighted by atomic mass is 127. The smallest absolute Gasteiger partial charge is 0.229 e. The van der Waals surface area contributed by atoms with Crippen molar-refractivity contribution >= 4 is 46.2 Å². The van der Waals surface area contributed by atoms with Crippen molar-refractivity contribution in [2.45, 2.75) is 6.92 Å². The topological polar surface area (TPSA) is 86.2 Å². The molecule has 6 heteroatoms. The minimum absolute atomic E-state index is 0.0596. The molecule has 0 heterocycles. The number of primary amides is 2.